The summed E-state index contributed by atoms with van der Waals surface area (Å²) < 4.78 is 6.79. The summed E-state index contributed by atoms with van der Waals surface area (Å²) in [6.45, 7) is 2.05. The van der Waals surface area contributed by atoms with Crippen molar-refractivity contribution in [1.29, 1.82) is 0 Å². The van der Waals surface area contributed by atoms with Gasteiger partial charge >= 0.3 is 5.97 Å². The summed E-state index contributed by atoms with van der Waals surface area (Å²) >= 11 is 0. The van der Waals surface area contributed by atoms with E-state index in [4.69, 9.17) is 4.74 Å². The van der Waals surface area contributed by atoms with Crippen molar-refractivity contribution in [3.63, 3.8) is 0 Å². The van der Waals surface area contributed by atoms with Gasteiger partial charge in [-0.2, -0.15) is 5.10 Å². The average Bonchev–Trinajstić information content (AvgIpc) is 3.16. The lowest BCUT2D eigenvalue weighted by molar-refractivity contribution is 0.0529. The highest BCUT2D eigenvalue weighted by Crippen LogP contribution is 2.26. The number of H-pyrrole nitrogens is 1. The van der Waals surface area contributed by atoms with Crippen LogP contribution in [-0.2, 0) is 4.74 Å². The third kappa shape index (κ3) is 2.11. The number of carbonyl (C=O) groups is 1. The van der Waals surface area contributed by atoms with Gasteiger partial charge in [-0.05, 0) is 19.1 Å². The van der Waals surface area contributed by atoms with Gasteiger partial charge in [0.2, 0.25) is 0 Å². The van der Waals surface area contributed by atoms with E-state index in [1.54, 1.807) is 23.8 Å². The summed E-state index contributed by atoms with van der Waals surface area (Å²) in [5.41, 5.74) is 2.65. The molecule has 23 heavy (non-hydrogen) atoms. The number of fused-ring (bicyclic) bond motifs is 2. The standard InChI is InChI=1S/C15H12N6O2/c1-2-23-15(22)11-10-5-3-4-6-21(10)20-12(11)14-18-9-7-16-8-17-13(9)19-14/h3-8H,2H2,1H3,(H,16,17,18,19). The molecule has 0 saturated heterocycles. The first-order valence-electron chi connectivity index (χ1n) is 7.08. The Balaban J connectivity index is 1.98. The summed E-state index contributed by atoms with van der Waals surface area (Å²) in [5.74, 6) is 0.0162. The van der Waals surface area contributed by atoms with E-state index in [2.05, 4.69) is 25.0 Å². The summed E-state index contributed by atoms with van der Waals surface area (Å²) in [4.78, 5) is 27.9. The quantitative estimate of drug-likeness (QED) is 0.580. The molecule has 0 aliphatic carbocycles. The molecule has 0 aromatic carbocycles. The van der Waals surface area contributed by atoms with Gasteiger partial charge in [0.05, 0.1) is 18.3 Å². The third-order valence-electron chi connectivity index (χ3n) is 3.41. The molecule has 4 rings (SSSR count). The van der Waals surface area contributed by atoms with Crippen LogP contribution < -0.4 is 0 Å². The van der Waals surface area contributed by atoms with Gasteiger partial charge in [0, 0.05) is 6.20 Å². The minimum Gasteiger partial charge on any atom is -0.462 e. The number of nitrogens with zero attached hydrogens (tertiary/aromatic N) is 5. The largest absolute Gasteiger partial charge is 0.462 e. The van der Waals surface area contributed by atoms with Crippen molar-refractivity contribution in [1.82, 2.24) is 29.5 Å². The van der Waals surface area contributed by atoms with Crippen molar-refractivity contribution >= 4 is 22.6 Å². The molecule has 0 unspecified atom stereocenters. The number of pyridine rings is 1. The highest BCUT2D eigenvalue weighted by atomic mass is 16.5. The van der Waals surface area contributed by atoms with Crippen LogP contribution in [0.4, 0.5) is 0 Å². The van der Waals surface area contributed by atoms with E-state index in [-0.39, 0.29) is 6.61 Å². The lowest BCUT2D eigenvalue weighted by Gasteiger charge is -2.01. The molecular weight excluding hydrogens is 296 g/mol. The number of imidazole rings is 1. The molecule has 0 fully saturated rings. The zero-order valence-corrected chi connectivity index (χ0v) is 12.2. The molecule has 0 aliphatic heterocycles. The van der Waals surface area contributed by atoms with Crippen molar-refractivity contribution in [2.75, 3.05) is 6.61 Å². The number of aromatic nitrogens is 6. The van der Waals surface area contributed by atoms with E-state index in [0.717, 1.165) is 0 Å². The fourth-order valence-corrected chi connectivity index (χ4v) is 2.44. The van der Waals surface area contributed by atoms with E-state index in [1.165, 1.54) is 6.33 Å². The average molecular weight is 308 g/mol. The van der Waals surface area contributed by atoms with E-state index < -0.39 is 5.97 Å². The second-order valence-corrected chi connectivity index (χ2v) is 4.82. The summed E-state index contributed by atoms with van der Waals surface area (Å²) in [6, 6.07) is 5.49. The number of nitrogens with one attached hydrogen (secondary N) is 1. The van der Waals surface area contributed by atoms with Gasteiger partial charge in [0.15, 0.2) is 11.5 Å². The first-order chi connectivity index (χ1) is 11.3. The third-order valence-corrected chi connectivity index (χ3v) is 3.41. The molecule has 4 heterocycles. The van der Waals surface area contributed by atoms with Crippen LogP contribution in [0.1, 0.15) is 17.3 Å². The normalized spacial score (nSPS) is 11.2. The minimum absolute atomic E-state index is 0.286. The Morgan fingerprint density at radius 2 is 2.30 bits per heavy atom. The highest BCUT2D eigenvalue weighted by molar-refractivity contribution is 6.03. The number of esters is 1. The number of hydrogen-bond donors (Lipinski definition) is 1. The van der Waals surface area contributed by atoms with E-state index in [0.29, 0.717) is 33.8 Å². The Labute approximate surface area is 130 Å². The van der Waals surface area contributed by atoms with Gasteiger partial charge in [-0.1, -0.05) is 6.07 Å². The van der Waals surface area contributed by atoms with Crippen LogP contribution in [0, 0.1) is 0 Å². The molecule has 8 nitrogen and oxygen atoms in total. The molecule has 0 spiro atoms. The Morgan fingerprint density at radius 1 is 1.39 bits per heavy atom. The lowest BCUT2D eigenvalue weighted by Crippen LogP contribution is -2.06. The topological polar surface area (TPSA) is 98.1 Å². The van der Waals surface area contributed by atoms with Crippen LogP contribution in [0.3, 0.4) is 0 Å². The molecule has 0 aliphatic rings. The van der Waals surface area contributed by atoms with Crippen LogP contribution in [0.2, 0.25) is 0 Å². The predicted molar refractivity (Wildman–Crippen MR) is 81.8 cm³/mol. The maximum atomic E-state index is 12.4. The maximum Gasteiger partial charge on any atom is 0.342 e. The molecule has 114 valence electrons. The molecule has 0 radical (unpaired) electrons. The van der Waals surface area contributed by atoms with Crippen LogP contribution in [-0.4, -0.2) is 42.1 Å². The molecule has 8 heteroatoms. The molecule has 0 saturated carbocycles. The molecule has 4 aromatic heterocycles. The van der Waals surface area contributed by atoms with Gasteiger partial charge < -0.3 is 9.72 Å². The van der Waals surface area contributed by atoms with Crippen LogP contribution >= 0.6 is 0 Å². The second kappa shape index (κ2) is 5.16. The lowest BCUT2D eigenvalue weighted by atomic mass is 10.2. The highest BCUT2D eigenvalue weighted by Gasteiger charge is 2.24. The SMILES string of the molecule is CCOC(=O)c1c(-c2nc3ncncc3[nH]2)nn2ccccc12. The van der Waals surface area contributed by atoms with E-state index in [1.807, 2.05) is 18.2 Å². The first kappa shape index (κ1) is 13.4. The molecule has 0 bridgehead atoms. The maximum absolute atomic E-state index is 12.4. The van der Waals surface area contributed by atoms with E-state index >= 15 is 0 Å². The first-order valence-corrected chi connectivity index (χ1v) is 7.08. The monoisotopic (exact) mass is 308 g/mol. The fourth-order valence-electron chi connectivity index (χ4n) is 2.44. The Bertz CT molecular complexity index is 986. The Kier molecular flexibility index (Phi) is 3.00. The van der Waals surface area contributed by atoms with E-state index in [9.17, 15) is 4.79 Å². The van der Waals surface area contributed by atoms with Gasteiger partial charge in [-0.25, -0.2) is 24.3 Å². The zero-order chi connectivity index (χ0) is 15.8. The van der Waals surface area contributed by atoms with Crippen molar-refractivity contribution in [2.24, 2.45) is 0 Å². The van der Waals surface area contributed by atoms with Crippen molar-refractivity contribution in [2.45, 2.75) is 6.92 Å². The van der Waals surface area contributed by atoms with Gasteiger partial charge in [0.1, 0.15) is 23.1 Å². The van der Waals surface area contributed by atoms with Crippen LogP contribution in [0.5, 0.6) is 0 Å². The molecule has 0 atom stereocenters. The summed E-state index contributed by atoms with van der Waals surface area (Å²) in [6.07, 6.45) is 4.81. The molecule has 4 aromatic rings. The van der Waals surface area contributed by atoms with Crippen LogP contribution in [0.25, 0.3) is 28.2 Å². The number of hydrogen-bond acceptors (Lipinski definition) is 6. The Hall–Kier alpha value is -3.29. The fraction of sp³-hybridized carbons (Fsp3) is 0.133. The molecule has 1 N–H and O–H groups in total. The number of aromatic amines is 1. The van der Waals surface area contributed by atoms with Crippen LogP contribution in [0.15, 0.2) is 36.9 Å². The predicted octanol–water partition coefficient (Wildman–Crippen LogP) is 1.84. The van der Waals surface area contributed by atoms with Gasteiger partial charge in [0.25, 0.3) is 0 Å². The van der Waals surface area contributed by atoms with Gasteiger partial charge in [-0.15, -0.1) is 0 Å². The molecular formula is C15H12N6O2. The van der Waals surface area contributed by atoms with Crippen molar-refractivity contribution < 1.29 is 9.53 Å². The van der Waals surface area contributed by atoms with Gasteiger partial charge in [-0.3, -0.25) is 0 Å². The zero-order valence-electron chi connectivity index (χ0n) is 12.2. The summed E-state index contributed by atoms with van der Waals surface area (Å²) in [7, 11) is 0. The number of rotatable bonds is 3. The molecule has 0 amide bonds. The minimum atomic E-state index is -0.435. The summed E-state index contributed by atoms with van der Waals surface area (Å²) in [5, 5.41) is 4.46. The van der Waals surface area contributed by atoms with Crippen molar-refractivity contribution in [3.8, 4) is 11.5 Å². The smallest absolute Gasteiger partial charge is 0.342 e. The second-order valence-electron chi connectivity index (χ2n) is 4.82. The van der Waals surface area contributed by atoms with Crippen molar-refractivity contribution in [3.05, 3.63) is 42.5 Å². The Morgan fingerprint density at radius 3 is 3.13 bits per heavy atom. The number of carbonyl (C=O) groups excluding carboxylic acids is 1. The number of ether oxygens (including phenoxy) is 1.